The number of nitrogens with zero attached hydrogens (tertiary/aromatic N) is 3. The molecule has 27 heavy (non-hydrogen) atoms. The molecule has 8 heteroatoms. The maximum absolute atomic E-state index is 11.1. The van der Waals surface area contributed by atoms with Gasteiger partial charge in [-0.05, 0) is 12.5 Å². The number of thiazole rings is 1. The molecular formula is C19H16N4OS3. The fraction of sp³-hybridized carbons (Fsp3) is 0.158. The summed E-state index contributed by atoms with van der Waals surface area (Å²) in [5.74, 6) is 0.577. The highest BCUT2D eigenvalue weighted by Gasteiger charge is 2.14. The standard InChI is InChI=1S/C19H16N4OS3/c1-11-3-5-13(6-4-11)15-9-26-18-16(15)17(20-10-21-18)25-7-14-8-27-19(23-14)22-12(2)24/h3-6,8-10H,7H2,1-2H3,(H,22,23,24). The Hall–Kier alpha value is -2.29. The van der Waals surface area contributed by atoms with E-state index in [1.165, 1.54) is 29.4 Å². The van der Waals surface area contributed by atoms with Gasteiger partial charge in [0.1, 0.15) is 16.2 Å². The van der Waals surface area contributed by atoms with Crippen LogP contribution < -0.4 is 5.32 Å². The maximum atomic E-state index is 11.1. The molecule has 3 aromatic heterocycles. The predicted molar refractivity (Wildman–Crippen MR) is 114 cm³/mol. The SMILES string of the molecule is CC(=O)Nc1nc(CSc2ncnc3scc(-c4ccc(C)cc4)c23)cs1. The molecule has 1 N–H and O–H groups in total. The highest BCUT2D eigenvalue weighted by atomic mass is 32.2. The molecule has 0 saturated carbocycles. The average Bonchev–Trinajstić information content (AvgIpc) is 3.27. The van der Waals surface area contributed by atoms with Gasteiger partial charge in [0.2, 0.25) is 5.91 Å². The largest absolute Gasteiger partial charge is 0.302 e. The molecule has 1 aromatic carbocycles. The van der Waals surface area contributed by atoms with Crippen molar-refractivity contribution in [1.82, 2.24) is 15.0 Å². The number of aromatic nitrogens is 3. The third-order valence-corrected chi connectivity index (χ3v) is 6.61. The topological polar surface area (TPSA) is 67.8 Å². The van der Waals surface area contributed by atoms with Crippen molar-refractivity contribution in [2.24, 2.45) is 0 Å². The fourth-order valence-electron chi connectivity index (χ4n) is 2.63. The molecule has 0 atom stereocenters. The zero-order valence-electron chi connectivity index (χ0n) is 14.7. The summed E-state index contributed by atoms with van der Waals surface area (Å²) in [5.41, 5.74) is 4.50. The number of anilines is 1. The monoisotopic (exact) mass is 412 g/mol. The van der Waals surface area contributed by atoms with Crippen molar-refractivity contribution in [3.8, 4) is 11.1 Å². The summed E-state index contributed by atoms with van der Waals surface area (Å²) in [4.78, 5) is 25.5. The van der Waals surface area contributed by atoms with Gasteiger partial charge < -0.3 is 5.32 Å². The summed E-state index contributed by atoms with van der Waals surface area (Å²) in [5, 5.41) is 9.50. The molecule has 0 fully saturated rings. The highest BCUT2D eigenvalue weighted by Crippen LogP contribution is 2.38. The van der Waals surface area contributed by atoms with E-state index >= 15 is 0 Å². The molecule has 0 bridgehead atoms. The Bertz CT molecular complexity index is 1100. The Labute approximate surface area is 168 Å². The molecule has 5 nitrogen and oxygen atoms in total. The fourth-order valence-corrected chi connectivity index (χ4v) is 5.37. The molecule has 4 rings (SSSR count). The van der Waals surface area contributed by atoms with Crippen LogP contribution in [-0.2, 0) is 10.5 Å². The third-order valence-electron chi connectivity index (χ3n) is 3.89. The minimum atomic E-state index is -0.109. The number of rotatable bonds is 5. The lowest BCUT2D eigenvalue weighted by Gasteiger charge is -2.05. The quantitative estimate of drug-likeness (QED) is 0.352. The summed E-state index contributed by atoms with van der Waals surface area (Å²) in [6.07, 6.45) is 1.61. The van der Waals surface area contributed by atoms with E-state index in [2.05, 4.69) is 56.8 Å². The van der Waals surface area contributed by atoms with Crippen molar-refractivity contribution in [1.29, 1.82) is 0 Å². The van der Waals surface area contributed by atoms with Gasteiger partial charge in [-0.25, -0.2) is 15.0 Å². The Morgan fingerprint density at radius 2 is 1.96 bits per heavy atom. The van der Waals surface area contributed by atoms with E-state index in [0.29, 0.717) is 10.9 Å². The van der Waals surface area contributed by atoms with E-state index < -0.39 is 0 Å². The number of hydrogen-bond acceptors (Lipinski definition) is 7. The number of benzene rings is 1. The van der Waals surface area contributed by atoms with Gasteiger partial charge in [0.05, 0.1) is 11.1 Å². The van der Waals surface area contributed by atoms with Crippen LogP contribution in [0.1, 0.15) is 18.2 Å². The van der Waals surface area contributed by atoms with Crippen LogP contribution in [0.4, 0.5) is 5.13 Å². The number of hydrogen-bond donors (Lipinski definition) is 1. The second kappa shape index (κ2) is 7.75. The highest BCUT2D eigenvalue weighted by molar-refractivity contribution is 7.98. The van der Waals surface area contributed by atoms with E-state index in [-0.39, 0.29) is 5.91 Å². The molecule has 0 radical (unpaired) electrons. The Kier molecular flexibility index (Phi) is 5.20. The van der Waals surface area contributed by atoms with Crippen LogP contribution in [0.15, 0.2) is 46.4 Å². The number of carbonyl (C=O) groups excluding carboxylic acids is 1. The normalized spacial score (nSPS) is 11.0. The molecule has 4 aromatic rings. The number of carbonyl (C=O) groups is 1. The van der Waals surface area contributed by atoms with E-state index in [4.69, 9.17) is 0 Å². The molecule has 3 heterocycles. The maximum Gasteiger partial charge on any atom is 0.223 e. The second-order valence-electron chi connectivity index (χ2n) is 5.99. The lowest BCUT2D eigenvalue weighted by atomic mass is 10.1. The first-order chi connectivity index (χ1) is 13.1. The van der Waals surface area contributed by atoms with Gasteiger partial charge in [-0.15, -0.1) is 22.7 Å². The van der Waals surface area contributed by atoms with E-state index in [1.807, 2.05) is 5.38 Å². The van der Waals surface area contributed by atoms with Gasteiger partial charge >= 0.3 is 0 Å². The average molecular weight is 413 g/mol. The Morgan fingerprint density at radius 1 is 1.15 bits per heavy atom. The first-order valence-electron chi connectivity index (χ1n) is 8.24. The van der Waals surface area contributed by atoms with Crippen LogP contribution in [0.5, 0.6) is 0 Å². The number of nitrogens with one attached hydrogen (secondary N) is 1. The number of aryl methyl sites for hydroxylation is 1. The summed E-state index contributed by atoms with van der Waals surface area (Å²) in [6, 6.07) is 8.51. The molecular weight excluding hydrogens is 396 g/mol. The zero-order chi connectivity index (χ0) is 18.8. The van der Waals surface area contributed by atoms with Crippen LogP contribution in [-0.4, -0.2) is 20.9 Å². The van der Waals surface area contributed by atoms with Gasteiger partial charge in [0.15, 0.2) is 5.13 Å². The van der Waals surface area contributed by atoms with Gasteiger partial charge in [0.25, 0.3) is 0 Å². The first-order valence-corrected chi connectivity index (χ1v) is 11.0. The van der Waals surface area contributed by atoms with Gasteiger partial charge in [-0.2, -0.15) is 0 Å². The summed E-state index contributed by atoms with van der Waals surface area (Å²) in [7, 11) is 0. The molecule has 0 aliphatic heterocycles. The predicted octanol–water partition coefficient (Wildman–Crippen LogP) is 5.37. The molecule has 1 amide bonds. The van der Waals surface area contributed by atoms with Crippen LogP contribution in [0.3, 0.4) is 0 Å². The van der Waals surface area contributed by atoms with Gasteiger partial charge in [-0.1, -0.05) is 41.6 Å². The number of amides is 1. The van der Waals surface area contributed by atoms with Crippen LogP contribution in [0, 0.1) is 6.92 Å². The van der Waals surface area contributed by atoms with Crippen molar-refractivity contribution in [3.05, 3.63) is 52.6 Å². The third kappa shape index (κ3) is 4.02. The van der Waals surface area contributed by atoms with E-state index in [9.17, 15) is 4.79 Å². The zero-order valence-corrected chi connectivity index (χ0v) is 17.2. The molecule has 0 spiro atoms. The van der Waals surface area contributed by atoms with Crippen LogP contribution in [0.25, 0.3) is 21.3 Å². The lowest BCUT2D eigenvalue weighted by molar-refractivity contribution is -0.114. The van der Waals surface area contributed by atoms with Crippen LogP contribution in [0.2, 0.25) is 0 Å². The summed E-state index contributed by atoms with van der Waals surface area (Å²) < 4.78 is 0. The Balaban J connectivity index is 1.62. The molecule has 0 aliphatic rings. The van der Waals surface area contributed by atoms with Gasteiger partial charge in [0, 0.05) is 29.0 Å². The lowest BCUT2D eigenvalue weighted by Crippen LogP contribution is -2.05. The number of thioether (sulfide) groups is 1. The van der Waals surface area contributed by atoms with Crippen molar-refractivity contribution >= 4 is 55.7 Å². The molecule has 0 unspecified atom stereocenters. The minimum Gasteiger partial charge on any atom is -0.302 e. The van der Waals surface area contributed by atoms with E-state index in [1.54, 1.807) is 29.4 Å². The van der Waals surface area contributed by atoms with Crippen molar-refractivity contribution < 1.29 is 4.79 Å². The second-order valence-corrected chi connectivity index (χ2v) is 8.67. The Morgan fingerprint density at radius 3 is 2.74 bits per heavy atom. The van der Waals surface area contributed by atoms with E-state index in [0.717, 1.165) is 26.5 Å². The first kappa shape index (κ1) is 18.1. The van der Waals surface area contributed by atoms with Crippen molar-refractivity contribution in [2.75, 3.05) is 5.32 Å². The van der Waals surface area contributed by atoms with Crippen molar-refractivity contribution in [2.45, 2.75) is 24.6 Å². The van der Waals surface area contributed by atoms with Gasteiger partial charge in [-0.3, -0.25) is 4.79 Å². The summed E-state index contributed by atoms with van der Waals surface area (Å²) >= 11 is 4.71. The smallest absolute Gasteiger partial charge is 0.223 e. The van der Waals surface area contributed by atoms with Crippen LogP contribution >= 0.6 is 34.4 Å². The molecule has 0 saturated heterocycles. The molecule has 0 aliphatic carbocycles. The van der Waals surface area contributed by atoms with Crippen molar-refractivity contribution in [3.63, 3.8) is 0 Å². The summed E-state index contributed by atoms with van der Waals surface area (Å²) in [6.45, 7) is 3.57. The number of thiophene rings is 1. The minimum absolute atomic E-state index is 0.109. The molecule has 136 valence electrons. The number of fused-ring (bicyclic) bond motifs is 1.